The SMILES string of the molecule is CCc1c(-c2cccc(OC)c2)nn(Cc2ccccc2C)c1-c1cccc(OC)c1. The highest BCUT2D eigenvalue weighted by Crippen LogP contribution is 2.35. The van der Waals surface area contributed by atoms with Gasteiger partial charge in [-0.05, 0) is 48.7 Å². The van der Waals surface area contributed by atoms with Crippen molar-refractivity contribution in [2.45, 2.75) is 26.8 Å². The lowest BCUT2D eigenvalue weighted by molar-refractivity contribution is 0.415. The van der Waals surface area contributed by atoms with E-state index < -0.39 is 0 Å². The maximum atomic E-state index is 5.50. The topological polar surface area (TPSA) is 36.3 Å². The maximum Gasteiger partial charge on any atom is 0.119 e. The minimum atomic E-state index is 0.705. The van der Waals surface area contributed by atoms with E-state index in [4.69, 9.17) is 14.6 Å². The third kappa shape index (κ3) is 4.19. The first kappa shape index (κ1) is 20.7. The van der Waals surface area contributed by atoms with E-state index in [2.05, 4.69) is 67.1 Å². The minimum absolute atomic E-state index is 0.705. The van der Waals surface area contributed by atoms with Crippen molar-refractivity contribution in [3.05, 3.63) is 89.5 Å². The van der Waals surface area contributed by atoms with Crippen molar-refractivity contribution in [1.29, 1.82) is 0 Å². The summed E-state index contributed by atoms with van der Waals surface area (Å²) in [4.78, 5) is 0. The molecule has 0 spiro atoms. The van der Waals surface area contributed by atoms with Crippen molar-refractivity contribution in [2.24, 2.45) is 0 Å². The smallest absolute Gasteiger partial charge is 0.119 e. The van der Waals surface area contributed by atoms with Gasteiger partial charge in [-0.2, -0.15) is 5.10 Å². The van der Waals surface area contributed by atoms with Gasteiger partial charge in [0.05, 0.1) is 32.2 Å². The number of methoxy groups -OCH3 is 2. The van der Waals surface area contributed by atoms with Crippen molar-refractivity contribution in [3.63, 3.8) is 0 Å². The van der Waals surface area contributed by atoms with E-state index in [-0.39, 0.29) is 0 Å². The van der Waals surface area contributed by atoms with Crippen LogP contribution in [0.15, 0.2) is 72.8 Å². The van der Waals surface area contributed by atoms with Crippen molar-refractivity contribution >= 4 is 0 Å². The zero-order chi connectivity index (χ0) is 21.8. The Hall–Kier alpha value is -3.53. The van der Waals surface area contributed by atoms with Crippen LogP contribution < -0.4 is 9.47 Å². The van der Waals surface area contributed by atoms with E-state index in [1.807, 2.05) is 24.3 Å². The number of aromatic nitrogens is 2. The molecule has 3 aromatic carbocycles. The monoisotopic (exact) mass is 412 g/mol. The molecule has 0 aliphatic rings. The maximum absolute atomic E-state index is 5.50. The summed E-state index contributed by atoms with van der Waals surface area (Å²) in [6, 6.07) is 24.8. The van der Waals surface area contributed by atoms with E-state index in [0.29, 0.717) is 6.54 Å². The molecule has 0 unspecified atom stereocenters. The molecule has 0 aliphatic heterocycles. The summed E-state index contributed by atoms with van der Waals surface area (Å²) in [5.41, 5.74) is 8.02. The predicted octanol–water partition coefficient (Wildman–Crippen LogP) is 6.15. The highest BCUT2D eigenvalue weighted by atomic mass is 16.5. The molecule has 0 bridgehead atoms. The van der Waals surface area contributed by atoms with Crippen LogP contribution in [0.5, 0.6) is 11.5 Å². The number of rotatable bonds is 7. The fraction of sp³-hybridized carbons (Fsp3) is 0.222. The van der Waals surface area contributed by atoms with E-state index in [1.165, 1.54) is 16.7 Å². The van der Waals surface area contributed by atoms with Crippen molar-refractivity contribution in [1.82, 2.24) is 9.78 Å². The van der Waals surface area contributed by atoms with Gasteiger partial charge in [0.2, 0.25) is 0 Å². The molecule has 4 nitrogen and oxygen atoms in total. The summed E-state index contributed by atoms with van der Waals surface area (Å²) in [5, 5.41) is 5.12. The van der Waals surface area contributed by atoms with Gasteiger partial charge >= 0.3 is 0 Å². The molecule has 0 atom stereocenters. The minimum Gasteiger partial charge on any atom is -0.497 e. The van der Waals surface area contributed by atoms with E-state index in [0.717, 1.165) is 40.4 Å². The van der Waals surface area contributed by atoms with Gasteiger partial charge in [-0.15, -0.1) is 0 Å². The van der Waals surface area contributed by atoms with Crippen LogP contribution in [-0.4, -0.2) is 24.0 Å². The number of aryl methyl sites for hydroxylation is 1. The first-order chi connectivity index (χ1) is 15.1. The highest BCUT2D eigenvalue weighted by molar-refractivity contribution is 5.76. The van der Waals surface area contributed by atoms with Gasteiger partial charge in [-0.3, -0.25) is 4.68 Å². The van der Waals surface area contributed by atoms with Gasteiger partial charge in [0.1, 0.15) is 11.5 Å². The molecule has 0 aliphatic carbocycles. The first-order valence-corrected chi connectivity index (χ1v) is 10.6. The molecular weight excluding hydrogens is 384 g/mol. The molecule has 4 heteroatoms. The Labute approximate surface area is 184 Å². The zero-order valence-electron chi connectivity index (χ0n) is 18.6. The van der Waals surface area contributed by atoms with Crippen LogP contribution in [-0.2, 0) is 13.0 Å². The van der Waals surface area contributed by atoms with Gasteiger partial charge in [0, 0.05) is 16.7 Å². The molecule has 4 aromatic rings. The Morgan fingerprint density at radius 3 is 2.10 bits per heavy atom. The average Bonchev–Trinajstić information content (AvgIpc) is 3.18. The first-order valence-electron chi connectivity index (χ1n) is 10.6. The van der Waals surface area contributed by atoms with Gasteiger partial charge in [-0.1, -0.05) is 55.5 Å². The highest BCUT2D eigenvalue weighted by Gasteiger charge is 2.20. The molecule has 1 aromatic heterocycles. The third-order valence-corrected chi connectivity index (χ3v) is 5.67. The fourth-order valence-electron chi connectivity index (χ4n) is 3.99. The number of ether oxygens (including phenoxy) is 2. The second-order valence-electron chi connectivity index (χ2n) is 7.58. The second-order valence-corrected chi connectivity index (χ2v) is 7.58. The molecule has 0 amide bonds. The van der Waals surface area contributed by atoms with Gasteiger partial charge in [0.25, 0.3) is 0 Å². The largest absolute Gasteiger partial charge is 0.497 e. The van der Waals surface area contributed by atoms with Crippen LogP contribution in [0.1, 0.15) is 23.6 Å². The molecule has 0 fully saturated rings. The molecule has 0 saturated heterocycles. The lowest BCUT2D eigenvalue weighted by atomic mass is 9.99. The molecule has 0 saturated carbocycles. The lowest BCUT2D eigenvalue weighted by Gasteiger charge is -2.12. The van der Waals surface area contributed by atoms with Crippen molar-refractivity contribution in [2.75, 3.05) is 14.2 Å². The van der Waals surface area contributed by atoms with E-state index >= 15 is 0 Å². The van der Waals surface area contributed by atoms with Crippen LogP contribution in [0.25, 0.3) is 22.5 Å². The summed E-state index contributed by atoms with van der Waals surface area (Å²) in [5.74, 6) is 1.67. The van der Waals surface area contributed by atoms with Crippen molar-refractivity contribution < 1.29 is 9.47 Å². The fourth-order valence-corrected chi connectivity index (χ4v) is 3.99. The van der Waals surface area contributed by atoms with Gasteiger partial charge < -0.3 is 9.47 Å². The third-order valence-electron chi connectivity index (χ3n) is 5.67. The molecule has 158 valence electrons. The second kappa shape index (κ2) is 9.09. The summed E-state index contributed by atoms with van der Waals surface area (Å²) in [6.45, 7) is 5.03. The number of benzene rings is 3. The van der Waals surface area contributed by atoms with Crippen LogP contribution in [0.4, 0.5) is 0 Å². The molecule has 0 N–H and O–H groups in total. The zero-order valence-corrected chi connectivity index (χ0v) is 18.6. The summed E-state index contributed by atoms with van der Waals surface area (Å²) < 4.78 is 13.1. The Balaban J connectivity index is 1.93. The van der Waals surface area contributed by atoms with Crippen LogP contribution in [0.3, 0.4) is 0 Å². The molecule has 1 heterocycles. The summed E-state index contributed by atoms with van der Waals surface area (Å²) in [7, 11) is 3.39. The quantitative estimate of drug-likeness (QED) is 0.365. The normalized spacial score (nSPS) is 10.8. The lowest BCUT2D eigenvalue weighted by Crippen LogP contribution is -2.06. The average molecular weight is 413 g/mol. The van der Waals surface area contributed by atoms with E-state index in [1.54, 1.807) is 14.2 Å². The Kier molecular flexibility index (Phi) is 6.08. The standard InChI is InChI=1S/C27H28N2O2/c1-5-25-26(20-12-8-14-23(16-20)30-3)28-29(18-22-11-7-6-10-19(22)2)27(25)21-13-9-15-24(17-21)31-4/h6-17H,5,18H2,1-4H3. The Morgan fingerprint density at radius 1 is 0.806 bits per heavy atom. The molecular formula is C27H28N2O2. The van der Waals surface area contributed by atoms with Crippen LogP contribution in [0.2, 0.25) is 0 Å². The van der Waals surface area contributed by atoms with Crippen LogP contribution in [0, 0.1) is 6.92 Å². The molecule has 4 rings (SSSR count). The number of hydrogen-bond donors (Lipinski definition) is 0. The molecule has 31 heavy (non-hydrogen) atoms. The van der Waals surface area contributed by atoms with Gasteiger partial charge in [0.15, 0.2) is 0 Å². The van der Waals surface area contributed by atoms with Crippen LogP contribution >= 0.6 is 0 Å². The summed E-state index contributed by atoms with van der Waals surface area (Å²) >= 11 is 0. The van der Waals surface area contributed by atoms with Crippen molar-refractivity contribution in [3.8, 4) is 34.0 Å². The summed E-state index contributed by atoms with van der Waals surface area (Å²) in [6.07, 6.45) is 0.868. The number of hydrogen-bond acceptors (Lipinski definition) is 3. The Bertz CT molecular complexity index is 1190. The van der Waals surface area contributed by atoms with E-state index in [9.17, 15) is 0 Å². The molecule has 0 radical (unpaired) electrons. The Morgan fingerprint density at radius 2 is 1.45 bits per heavy atom. The number of nitrogens with zero attached hydrogens (tertiary/aromatic N) is 2. The van der Waals surface area contributed by atoms with Gasteiger partial charge in [-0.25, -0.2) is 0 Å². The predicted molar refractivity (Wildman–Crippen MR) is 126 cm³/mol.